The van der Waals surface area contributed by atoms with Crippen molar-refractivity contribution in [3.63, 3.8) is 0 Å². The van der Waals surface area contributed by atoms with Gasteiger partial charge in [-0.05, 0) is 46.0 Å². The van der Waals surface area contributed by atoms with E-state index in [0.717, 1.165) is 30.2 Å². The van der Waals surface area contributed by atoms with Crippen LogP contribution in [0.25, 0.3) is 0 Å². The minimum atomic E-state index is -0.392. The smallest absolute Gasteiger partial charge is 0.276 e. The highest BCUT2D eigenvalue weighted by molar-refractivity contribution is 9.10. The minimum Gasteiger partial charge on any atom is -0.483 e. The summed E-state index contributed by atoms with van der Waals surface area (Å²) in [6, 6.07) is 5.79. The molecule has 1 aromatic rings. The van der Waals surface area contributed by atoms with Crippen molar-refractivity contribution in [2.75, 3.05) is 6.61 Å². The first kappa shape index (κ1) is 20.5. The van der Waals surface area contributed by atoms with Crippen molar-refractivity contribution in [2.45, 2.75) is 58.8 Å². The van der Waals surface area contributed by atoms with Crippen molar-refractivity contribution in [3.05, 3.63) is 28.2 Å². The van der Waals surface area contributed by atoms with Crippen LogP contribution in [0.15, 0.2) is 22.7 Å². The van der Waals surface area contributed by atoms with Crippen molar-refractivity contribution >= 4 is 27.7 Å². The molecule has 6 heteroatoms. The molecule has 0 aromatic heterocycles. The lowest BCUT2D eigenvalue weighted by atomic mass is 10.0. The average Bonchev–Trinajstić information content (AvgIpc) is 2.55. The maximum atomic E-state index is 11.7. The molecule has 0 aliphatic rings. The van der Waals surface area contributed by atoms with Gasteiger partial charge in [-0.3, -0.25) is 20.4 Å². The molecule has 0 atom stereocenters. The highest BCUT2D eigenvalue weighted by Crippen LogP contribution is 2.28. The highest BCUT2D eigenvalue weighted by atomic mass is 79.9. The number of nitrogens with one attached hydrogen (secondary N) is 2. The fourth-order valence-corrected chi connectivity index (χ4v) is 2.60. The Hall–Kier alpha value is -1.56. The first-order valence-electron chi connectivity index (χ1n) is 8.44. The third-order valence-electron chi connectivity index (χ3n) is 3.58. The van der Waals surface area contributed by atoms with Gasteiger partial charge in [-0.15, -0.1) is 0 Å². The number of carbonyl (C=O) groups is 2. The number of unbranched alkanes of at least 4 members (excludes halogenated alkanes) is 3. The van der Waals surface area contributed by atoms with E-state index in [0.29, 0.717) is 18.1 Å². The van der Waals surface area contributed by atoms with Crippen molar-refractivity contribution in [3.8, 4) is 5.75 Å². The lowest BCUT2D eigenvalue weighted by molar-refractivity contribution is -0.130. The molecule has 2 N–H and O–H groups in total. The minimum absolute atomic E-state index is 0.157. The van der Waals surface area contributed by atoms with Crippen LogP contribution in [0.2, 0.25) is 0 Å². The Labute approximate surface area is 152 Å². The van der Waals surface area contributed by atoms with Crippen LogP contribution in [-0.4, -0.2) is 18.4 Å². The van der Waals surface area contributed by atoms with Gasteiger partial charge in [-0.1, -0.05) is 46.1 Å². The summed E-state index contributed by atoms with van der Waals surface area (Å²) in [5.74, 6) is 0.449. The zero-order valence-corrected chi connectivity index (χ0v) is 16.2. The SMILES string of the molecule is CCCCCCC(=O)NNC(=O)COc1ccc(C(C)C)cc1Br. The molecule has 24 heavy (non-hydrogen) atoms. The van der Waals surface area contributed by atoms with Crippen LogP contribution in [-0.2, 0) is 9.59 Å². The quantitative estimate of drug-likeness (QED) is 0.486. The second-order valence-electron chi connectivity index (χ2n) is 6.04. The van der Waals surface area contributed by atoms with Crippen molar-refractivity contribution in [2.24, 2.45) is 0 Å². The molecule has 0 saturated heterocycles. The van der Waals surface area contributed by atoms with Crippen LogP contribution in [0.4, 0.5) is 0 Å². The van der Waals surface area contributed by atoms with E-state index in [4.69, 9.17) is 4.74 Å². The predicted octanol–water partition coefficient (Wildman–Crippen LogP) is 4.07. The van der Waals surface area contributed by atoms with Gasteiger partial charge in [0.2, 0.25) is 5.91 Å². The average molecular weight is 399 g/mol. The Balaban J connectivity index is 2.30. The van der Waals surface area contributed by atoms with E-state index in [9.17, 15) is 9.59 Å². The van der Waals surface area contributed by atoms with Crippen LogP contribution in [0.3, 0.4) is 0 Å². The summed E-state index contributed by atoms with van der Waals surface area (Å²) >= 11 is 3.44. The number of halogens is 1. The molecule has 0 spiro atoms. The third kappa shape index (κ3) is 7.81. The van der Waals surface area contributed by atoms with Gasteiger partial charge in [0, 0.05) is 6.42 Å². The van der Waals surface area contributed by atoms with Crippen LogP contribution < -0.4 is 15.6 Å². The number of carbonyl (C=O) groups excluding carboxylic acids is 2. The third-order valence-corrected chi connectivity index (χ3v) is 4.20. The second-order valence-corrected chi connectivity index (χ2v) is 6.89. The summed E-state index contributed by atoms with van der Waals surface area (Å²) in [5.41, 5.74) is 5.96. The van der Waals surface area contributed by atoms with Crippen molar-refractivity contribution in [1.82, 2.24) is 10.9 Å². The number of hydrogen-bond donors (Lipinski definition) is 2. The van der Waals surface area contributed by atoms with Gasteiger partial charge in [-0.25, -0.2) is 0 Å². The molecule has 0 aliphatic heterocycles. The van der Waals surface area contributed by atoms with Gasteiger partial charge >= 0.3 is 0 Å². The van der Waals surface area contributed by atoms with Gasteiger partial charge < -0.3 is 4.74 Å². The Bertz CT molecular complexity index is 547. The van der Waals surface area contributed by atoms with E-state index < -0.39 is 5.91 Å². The first-order chi connectivity index (χ1) is 11.4. The lowest BCUT2D eigenvalue weighted by Gasteiger charge is -2.12. The number of hydrogen-bond acceptors (Lipinski definition) is 3. The summed E-state index contributed by atoms with van der Waals surface area (Å²) in [7, 11) is 0. The second kappa shape index (κ2) is 11.1. The molecule has 0 fully saturated rings. The molecular weight excluding hydrogens is 372 g/mol. The monoisotopic (exact) mass is 398 g/mol. The first-order valence-corrected chi connectivity index (χ1v) is 9.23. The summed E-state index contributed by atoms with van der Waals surface area (Å²) in [5, 5.41) is 0. The number of ether oxygens (including phenoxy) is 1. The highest BCUT2D eigenvalue weighted by Gasteiger charge is 2.09. The van der Waals surface area contributed by atoms with Crippen LogP contribution in [0, 0.1) is 0 Å². The normalized spacial score (nSPS) is 10.5. The molecule has 134 valence electrons. The van der Waals surface area contributed by atoms with Gasteiger partial charge in [0.15, 0.2) is 6.61 Å². The molecule has 0 radical (unpaired) electrons. The van der Waals surface area contributed by atoms with E-state index in [2.05, 4.69) is 47.6 Å². The summed E-state index contributed by atoms with van der Waals surface area (Å²) < 4.78 is 6.28. The van der Waals surface area contributed by atoms with Crippen molar-refractivity contribution < 1.29 is 14.3 Å². The van der Waals surface area contributed by atoms with E-state index in [1.807, 2.05) is 18.2 Å². The molecular formula is C18H27BrN2O3. The zero-order valence-electron chi connectivity index (χ0n) is 14.7. The van der Waals surface area contributed by atoms with Crippen LogP contribution >= 0.6 is 15.9 Å². The molecule has 0 saturated carbocycles. The van der Waals surface area contributed by atoms with Crippen LogP contribution in [0.5, 0.6) is 5.75 Å². The molecule has 1 rings (SSSR count). The van der Waals surface area contributed by atoms with Crippen molar-refractivity contribution in [1.29, 1.82) is 0 Å². The summed E-state index contributed by atoms with van der Waals surface area (Å²) in [4.78, 5) is 23.3. The maximum Gasteiger partial charge on any atom is 0.276 e. The fraction of sp³-hybridized carbons (Fsp3) is 0.556. The van der Waals surface area contributed by atoms with E-state index in [-0.39, 0.29) is 12.5 Å². The van der Waals surface area contributed by atoms with E-state index in [1.165, 1.54) is 5.56 Å². The zero-order chi connectivity index (χ0) is 17.9. The molecule has 0 bridgehead atoms. The summed E-state index contributed by atoms with van der Waals surface area (Å²) in [6.07, 6.45) is 4.53. The maximum absolute atomic E-state index is 11.7. The Morgan fingerprint density at radius 2 is 1.83 bits per heavy atom. The topological polar surface area (TPSA) is 67.4 Å². The van der Waals surface area contributed by atoms with Crippen LogP contribution in [0.1, 0.15) is 64.4 Å². The molecule has 0 unspecified atom stereocenters. The Morgan fingerprint density at radius 1 is 1.12 bits per heavy atom. The lowest BCUT2D eigenvalue weighted by Crippen LogP contribution is -2.43. The van der Waals surface area contributed by atoms with Gasteiger partial charge in [0.05, 0.1) is 4.47 Å². The van der Waals surface area contributed by atoms with Gasteiger partial charge in [-0.2, -0.15) is 0 Å². The number of hydrazine groups is 1. The Kier molecular flexibility index (Phi) is 9.45. The molecule has 1 aromatic carbocycles. The van der Waals surface area contributed by atoms with Gasteiger partial charge in [0.25, 0.3) is 5.91 Å². The molecule has 0 aliphatic carbocycles. The predicted molar refractivity (Wildman–Crippen MR) is 98.8 cm³/mol. The number of rotatable bonds is 9. The van der Waals surface area contributed by atoms with E-state index >= 15 is 0 Å². The van der Waals surface area contributed by atoms with E-state index in [1.54, 1.807) is 0 Å². The van der Waals surface area contributed by atoms with Gasteiger partial charge in [0.1, 0.15) is 5.75 Å². The molecule has 5 nitrogen and oxygen atoms in total. The number of benzene rings is 1. The largest absolute Gasteiger partial charge is 0.483 e. The molecule has 2 amide bonds. The summed E-state index contributed by atoms with van der Waals surface area (Å²) in [6.45, 7) is 6.19. The standard InChI is InChI=1S/C18H27BrN2O3/c1-4-5-6-7-8-17(22)20-21-18(23)12-24-16-10-9-14(13(2)3)11-15(16)19/h9-11,13H,4-8,12H2,1-3H3,(H,20,22)(H,21,23). The number of amides is 2. The Morgan fingerprint density at radius 3 is 2.46 bits per heavy atom. The fourth-order valence-electron chi connectivity index (χ4n) is 2.09. The molecule has 0 heterocycles.